The molecule has 1 heterocycles. The molecule has 0 atom stereocenters. The summed E-state index contributed by atoms with van der Waals surface area (Å²) in [5.41, 5.74) is 1.32. The SMILES string of the molecule is Cc1cc[n+](CCCBr)cc1.[Br-]. The van der Waals surface area contributed by atoms with Crippen LogP contribution in [0.4, 0.5) is 0 Å². The Balaban J connectivity index is 0.00000121. The number of halogens is 2. The molecule has 68 valence electrons. The van der Waals surface area contributed by atoms with Crippen LogP contribution in [0.5, 0.6) is 0 Å². The summed E-state index contributed by atoms with van der Waals surface area (Å²) in [4.78, 5) is 0. The molecule has 1 aromatic rings. The highest BCUT2D eigenvalue weighted by Crippen LogP contribution is 1.91. The summed E-state index contributed by atoms with van der Waals surface area (Å²) >= 11 is 3.41. The fourth-order valence-electron chi connectivity index (χ4n) is 0.923. The van der Waals surface area contributed by atoms with Gasteiger partial charge in [0.2, 0.25) is 0 Å². The minimum atomic E-state index is 0. The molecule has 1 aromatic heterocycles. The Morgan fingerprint density at radius 2 is 1.92 bits per heavy atom. The largest absolute Gasteiger partial charge is 1.00 e. The first-order valence-corrected chi connectivity index (χ1v) is 4.97. The molecule has 0 unspecified atom stereocenters. The molecule has 0 saturated carbocycles. The third-order valence-electron chi connectivity index (χ3n) is 1.61. The quantitative estimate of drug-likeness (QED) is 0.501. The molecular formula is C9H13Br2N. The van der Waals surface area contributed by atoms with Crippen LogP contribution in [0, 0.1) is 6.92 Å². The Kier molecular flexibility index (Phi) is 6.67. The van der Waals surface area contributed by atoms with Crippen molar-refractivity contribution in [1.82, 2.24) is 0 Å². The van der Waals surface area contributed by atoms with E-state index >= 15 is 0 Å². The molecule has 0 amide bonds. The normalized spacial score (nSPS) is 9.17. The number of hydrogen-bond donors (Lipinski definition) is 0. The van der Waals surface area contributed by atoms with Gasteiger partial charge in [-0.15, -0.1) is 0 Å². The van der Waals surface area contributed by atoms with Crippen LogP contribution in [0.25, 0.3) is 0 Å². The van der Waals surface area contributed by atoms with Gasteiger partial charge < -0.3 is 17.0 Å². The molecule has 0 saturated heterocycles. The van der Waals surface area contributed by atoms with Crippen LogP contribution < -0.4 is 21.5 Å². The van der Waals surface area contributed by atoms with Crippen molar-refractivity contribution < 1.29 is 21.5 Å². The molecule has 1 nitrogen and oxygen atoms in total. The summed E-state index contributed by atoms with van der Waals surface area (Å²) in [6.45, 7) is 3.21. The molecule has 1 rings (SSSR count). The van der Waals surface area contributed by atoms with Crippen molar-refractivity contribution in [3.05, 3.63) is 30.1 Å². The molecule has 0 radical (unpaired) electrons. The number of aromatic nitrogens is 1. The van der Waals surface area contributed by atoms with Crippen LogP contribution in [0.2, 0.25) is 0 Å². The van der Waals surface area contributed by atoms with Gasteiger partial charge in [0.15, 0.2) is 12.4 Å². The van der Waals surface area contributed by atoms with E-state index in [-0.39, 0.29) is 17.0 Å². The lowest BCUT2D eigenvalue weighted by Crippen LogP contribution is -3.00. The summed E-state index contributed by atoms with van der Waals surface area (Å²) in [7, 11) is 0. The Labute approximate surface area is 92.7 Å². The standard InChI is InChI=1S/C9H13BrN.BrH/c1-9-3-7-11(8-4-9)6-2-5-10;/h3-4,7-8H,2,5-6H2,1H3;1H/q+1;/p-1. The fourth-order valence-corrected chi connectivity index (χ4v) is 1.17. The van der Waals surface area contributed by atoms with Crippen molar-refractivity contribution in [2.24, 2.45) is 0 Å². The average Bonchev–Trinajstić information content (AvgIpc) is 2.04. The van der Waals surface area contributed by atoms with E-state index in [0.717, 1.165) is 11.9 Å². The number of rotatable bonds is 3. The van der Waals surface area contributed by atoms with Gasteiger partial charge >= 0.3 is 0 Å². The van der Waals surface area contributed by atoms with Gasteiger partial charge in [-0.25, -0.2) is 4.57 Å². The zero-order chi connectivity index (χ0) is 8.10. The van der Waals surface area contributed by atoms with Crippen molar-refractivity contribution in [3.63, 3.8) is 0 Å². The van der Waals surface area contributed by atoms with Gasteiger partial charge in [0.1, 0.15) is 6.54 Å². The molecule has 0 bridgehead atoms. The Morgan fingerprint density at radius 3 is 2.42 bits per heavy atom. The van der Waals surface area contributed by atoms with E-state index in [9.17, 15) is 0 Å². The Bertz CT molecular complexity index is 208. The molecule has 0 aromatic carbocycles. The molecule has 0 aliphatic heterocycles. The average molecular weight is 295 g/mol. The van der Waals surface area contributed by atoms with Gasteiger partial charge in [0.25, 0.3) is 0 Å². The molecule has 12 heavy (non-hydrogen) atoms. The van der Waals surface area contributed by atoms with Crippen LogP contribution in [0.1, 0.15) is 12.0 Å². The minimum Gasteiger partial charge on any atom is -1.00 e. The van der Waals surface area contributed by atoms with E-state index in [4.69, 9.17) is 0 Å². The van der Waals surface area contributed by atoms with E-state index in [1.165, 1.54) is 12.0 Å². The maximum Gasteiger partial charge on any atom is 0.169 e. The van der Waals surface area contributed by atoms with Crippen LogP contribution in [0.3, 0.4) is 0 Å². The highest BCUT2D eigenvalue weighted by atomic mass is 79.9. The van der Waals surface area contributed by atoms with Gasteiger partial charge in [-0.1, -0.05) is 15.9 Å². The maximum absolute atomic E-state index is 3.41. The summed E-state index contributed by atoms with van der Waals surface area (Å²) in [6, 6.07) is 4.27. The highest BCUT2D eigenvalue weighted by molar-refractivity contribution is 9.09. The summed E-state index contributed by atoms with van der Waals surface area (Å²) in [5.74, 6) is 0. The molecule has 0 N–H and O–H groups in total. The predicted octanol–water partition coefficient (Wildman–Crippen LogP) is -0.928. The summed E-state index contributed by atoms with van der Waals surface area (Å²) in [6.07, 6.45) is 5.43. The molecule has 0 fully saturated rings. The molecule has 0 spiro atoms. The van der Waals surface area contributed by atoms with Crippen LogP contribution >= 0.6 is 15.9 Å². The summed E-state index contributed by atoms with van der Waals surface area (Å²) in [5, 5.41) is 1.08. The van der Waals surface area contributed by atoms with Gasteiger partial charge in [0, 0.05) is 23.9 Å². The first kappa shape index (κ1) is 12.1. The van der Waals surface area contributed by atoms with Gasteiger partial charge in [-0.05, 0) is 12.5 Å². The highest BCUT2D eigenvalue weighted by Gasteiger charge is 1.96. The monoisotopic (exact) mass is 293 g/mol. The Hall–Kier alpha value is 0.110. The second kappa shape index (κ2) is 6.61. The fraction of sp³-hybridized carbons (Fsp3) is 0.444. The van der Waals surface area contributed by atoms with E-state index in [0.29, 0.717) is 0 Å². The zero-order valence-electron chi connectivity index (χ0n) is 7.13. The molecule has 0 aliphatic rings. The third kappa shape index (κ3) is 4.21. The zero-order valence-corrected chi connectivity index (χ0v) is 10.3. The van der Waals surface area contributed by atoms with Crippen molar-refractivity contribution in [1.29, 1.82) is 0 Å². The minimum absolute atomic E-state index is 0. The van der Waals surface area contributed by atoms with Crippen LogP contribution in [0.15, 0.2) is 24.5 Å². The topological polar surface area (TPSA) is 3.88 Å². The van der Waals surface area contributed by atoms with Gasteiger partial charge in [-0.2, -0.15) is 0 Å². The second-order valence-electron chi connectivity index (χ2n) is 2.66. The van der Waals surface area contributed by atoms with Gasteiger partial charge in [0.05, 0.1) is 0 Å². The lowest BCUT2D eigenvalue weighted by molar-refractivity contribution is -0.696. The van der Waals surface area contributed by atoms with E-state index in [1.54, 1.807) is 0 Å². The number of nitrogens with zero attached hydrogens (tertiary/aromatic N) is 1. The summed E-state index contributed by atoms with van der Waals surface area (Å²) < 4.78 is 2.20. The van der Waals surface area contributed by atoms with Crippen LogP contribution in [-0.2, 0) is 6.54 Å². The lowest BCUT2D eigenvalue weighted by Gasteiger charge is -1.93. The van der Waals surface area contributed by atoms with E-state index in [2.05, 4.69) is 51.9 Å². The Morgan fingerprint density at radius 1 is 1.33 bits per heavy atom. The molecule has 0 aliphatic carbocycles. The first-order chi connectivity index (χ1) is 5.33. The second-order valence-corrected chi connectivity index (χ2v) is 3.45. The molecule has 3 heteroatoms. The number of pyridine rings is 1. The smallest absolute Gasteiger partial charge is 0.169 e. The van der Waals surface area contributed by atoms with Crippen molar-refractivity contribution in [2.75, 3.05) is 5.33 Å². The number of alkyl halides is 1. The van der Waals surface area contributed by atoms with E-state index in [1.807, 2.05) is 0 Å². The number of aryl methyl sites for hydroxylation is 2. The van der Waals surface area contributed by atoms with Crippen molar-refractivity contribution in [2.45, 2.75) is 19.9 Å². The predicted molar refractivity (Wildman–Crippen MR) is 49.8 cm³/mol. The van der Waals surface area contributed by atoms with Crippen LogP contribution in [-0.4, -0.2) is 5.33 Å². The number of hydrogen-bond acceptors (Lipinski definition) is 0. The lowest BCUT2D eigenvalue weighted by atomic mass is 10.3. The van der Waals surface area contributed by atoms with Crippen molar-refractivity contribution >= 4 is 15.9 Å². The van der Waals surface area contributed by atoms with Crippen molar-refractivity contribution in [3.8, 4) is 0 Å². The van der Waals surface area contributed by atoms with Gasteiger partial charge in [-0.3, -0.25) is 0 Å². The third-order valence-corrected chi connectivity index (χ3v) is 2.17. The maximum atomic E-state index is 3.41. The van der Waals surface area contributed by atoms with E-state index < -0.39 is 0 Å². The molecular weight excluding hydrogens is 282 g/mol. The first-order valence-electron chi connectivity index (χ1n) is 3.84.